The van der Waals surface area contributed by atoms with Crippen LogP contribution in [0.2, 0.25) is 0 Å². The molecular formula is C11H10ClN3O2. The molecule has 0 amide bonds. The van der Waals surface area contributed by atoms with Crippen LogP contribution < -0.4 is 0 Å². The molecule has 6 heteroatoms. The van der Waals surface area contributed by atoms with Gasteiger partial charge in [-0.3, -0.25) is 0 Å². The molecule has 0 unspecified atom stereocenters. The van der Waals surface area contributed by atoms with Crippen molar-refractivity contribution in [3.8, 4) is 11.4 Å². The van der Waals surface area contributed by atoms with Gasteiger partial charge in [0.1, 0.15) is 17.7 Å². The van der Waals surface area contributed by atoms with E-state index in [1.807, 2.05) is 6.07 Å². The van der Waals surface area contributed by atoms with E-state index >= 15 is 0 Å². The third-order valence-corrected chi connectivity index (χ3v) is 2.44. The maximum Gasteiger partial charge on any atom is 0.356 e. The van der Waals surface area contributed by atoms with Crippen molar-refractivity contribution in [3.63, 3.8) is 0 Å². The Morgan fingerprint density at radius 1 is 1.47 bits per heavy atom. The van der Waals surface area contributed by atoms with Gasteiger partial charge in [-0.2, -0.15) is 5.10 Å². The van der Waals surface area contributed by atoms with Crippen LogP contribution in [0.3, 0.4) is 0 Å². The van der Waals surface area contributed by atoms with Crippen molar-refractivity contribution in [2.75, 3.05) is 0 Å². The second-order valence-electron chi connectivity index (χ2n) is 3.55. The lowest BCUT2D eigenvalue weighted by atomic mass is 10.1. The van der Waals surface area contributed by atoms with Gasteiger partial charge >= 0.3 is 5.97 Å². The summed E-state index contributed by atoms with van der Waals surface area (Å²) in [6.07, 6.45) is 0. The number of rotatable bonds is 2. The number of aromatic nitrogens is 3. The van der Waals surface area contributed by atoms with Crippen LogP contribution in [-0.4, -0.2) is 20.7 Å². The molecule has 88 valence electrons. The quantitative estimate of drug-likeness (QED) is 0.820. The van der Waals surface area contributed by atoms with Gasteiger partial charge in [0.25, 0.3) is 0 Å². The Hall–Kier alpha value is -1.88. The average molecular weight is 252 g/mol. The summed E-state index contributed by atoms with van der Waals surface area (Å²) in [5.41, 5.74) is 1.16. The summed E-state index contributed by atoms with van der Waals surface area (Å²) in [6.45, 7) is 1.81. The minimum Gasteiger partial charge on any atom is -0.343 e. The van der Waals surface area contributed by atoms with Gasteiger partial charge in [-0.15, -0.1) is 0 Å². The van der Waals surface area contributed by atoms with Crippen molar-refractivity contribution in [1.29, 1.82) is 0 Å². The molecular weight excluding hydrogens is 242 g/mol. The van der Waals surface area contributed by atoms with Gasteiger partial charge in [-0.1, -0.05) is 12.1 Å². The molecule has 1 aromatic heterocycles. The molecule has 0 bridgehead atoms. The first-order valence-electron chi connectivity index (χ1n) is 4.93. The number of halogens is 1. The highest BCUT2D eigenvalue weighted by Gasteiger charge is 2.11. The van der Waals surface area contributed by atoms with Crippen molar-refractivity contribution >= 4 is 17.8 Å². The summed E-state index contributed by atoms with van der Waals surface area (Å²) in [5.74, 6) is 0.770. The lowest BCUT2D eigenvalue weighted by molar-refractivity contribution is 0.0751. The predicted molar refractivity (Wildman–Crippen MR) is 62.4 cm³/mol. The topological polar surface area (TPSA) is 57.0 Å². The van der Waals surface area contributed by atoms with Crippen molar-refractivity contribution in [3.05, 3.63) is 35.7 Å². The van der Waals surface area contributed by atoms with E-state index in [4.69, 9.17) is 11.9 Å². The summed E-state index contributed by atoms with van der Waals surface area (Å²) in [4.78, 5) is 15.6. The molecule has 0 aliphatic carbocycles. The average Bonchev–Trinajstić information content (AvgIpc) is 2.67. The van der Waals surface area contributed by atoms with Crippen LogP contribution in [0.25, 0.3) is 11.4 Å². The van der Waals surface area contributed by atoms with Crippen LogP contribution in [0.4, 0.5) is 0 Å². The molecule has 0 saturated heterocycles. The highest BCUT2D eigenvalue weighted by atomic mass is 35.5. The number of carbonyl (C=O) groups excluding carboxylic acids is 1. The smallest absolute Gasteiger partial charge is 0.343 e. The predicted octanol–water partition coefficient (Wildman–Crippen LogP) is 2.10. The van der Waals surface area contributed by atoms with Gasteiger partial charge < -0.3 is 4.29 Å². The molecule has 17 heavy (non-hydrogen) atoms. The maximum atomic E-state index is 11.3. The number of aryl methyl sites for hydroxylation is 2. The molecule has 0 atom stereocenters. The number of hydrogen-bond acceptors (Lipinski definition) is 4. The molecule has 0 spiro atoms. The lowest BCUT2D eigenvalue weighted by Gasteiger charge is -2.02. The highest BCUT2D eigenvalue weighted by molar-refractivity contribution is 6.15. The lowest BCUT2D eigenvalue weighted by Crippen LogP contribution is -1.99. The molecule has 0 saturated carbocycles. The summed E-state index contributed by atoms with van der Waals surface area (Å²) < 4.78 is 5.81. The van der Waals surface area contributed by atoms with Crippen LogP contribution in [0, 0.1) is 6.92 Å². The minimum atomic E-state index is -0.590. The van der Waals surface area contributed by atoms with Crippen molar-refractivity contribution in [2.45, 2.75) is 6.92 Å². The van der Waals surface area contributed by atoms with E-state index in [9.17, 15) is 4.79 Å². The molecule has 0 fully saturated rings. The van der Waals surface area contributed by atoms with E-state index in [0.29, 0.717) is 17.2 Å². The Morgan fingerprint density at radius 3 is 2.82 bits per heavy atom. The molecule has 1 aromatic carbocycles. The Bertz CT molecular complexity index is 566. The van der Waals surface area contributed by atoms with Gasteiger partial charge in [-0.05, 0) is 19.1 Å². The van der Waals surface area contributed by atoms with Crippen molar-refractivity contribution in [2.24, 2.45) is 7.05 Å². The van der Waals surface area contributed by atoms with Crippen molar-refractivity contribution < 1.29 is 9.08 Å². The van der Waals surface area contributed by atoms with E-state index in [-0.39, 0.29) is 0 Å². The first kappa shape index (κ1) is 11.6. The number of benzene rings is 1. The zero-order chi connectivity index (χ0) is 12.4. The second kappa shape index (κ2) is 4.55. The standard InChI is InChI=1S/C11H10ClN3O2/c1-7-13-10(15(2)14-7)8-4-3-5-9(6-8)11(16)17-12/h3-6H,1-2H3. The minimum absolute atomic E-state index is 0.373. The molecule has 0 N–H and O–H groups in total. The Labute approximate surface area is 103 Å². The van der Waals surface area contributed by atoms with E-state index in [1.165, 1.54) is 0 Å². The molecule has 0 aliphatic rings. The molecule has 1 heterocycles. The molecule has 0 radical (unpaired) electrons. The summed E-state index contributed by atoms with van der Waals surface area (Å²) in [7, 11) is 1.79. The van der Waals surface area contributed by atoms with E-state index in [2.05, 4.69) is 14.4 Å². The summed E-state index contributed by atoms with van der Waals surface area (Å²) in [5, 5.41) is 4.15. The zero-order valence-corrected chi connectivity index (χ0v) is 10.1. The van der Waals surface area contributed by atoms with Crippen LogP contribution in [0.5, 0.6) is 0 Å². The van der Waals surface area contributed by atoms with Gasteiger partial charge in [0.15, 0.2) is 5.82 Å². The van der Waals surface area contributed by atoms with Gasteiger partial charge in [0, 0.05) is 12.6 Å². The first-order valence-corrected chi connectivity index (χ1v) is 5.23. The van der Waals surface area contributed by atoms with Gasteiger partial charge in [0.2, 0.25) is 0 Å². The third-order valence-electron chi connectivity index (χ3n) is 2.30. The number of carbonyl (C=O) groups is 1. The SMILES string of the molecule is Cc1nc(-c2cccc(C(=O)OCl)c2)n(C)n1. The van der Waals surface area contributed by atoms with Crippen molar-refractivity contribution in [1.82, 2.24) is 14.8 Å². The fourth-order valence-electron chi connectivity index (χ4n) is 1.59. The molecule has 5 nitrogen and oxygen atoms in total. The van der Waals surface area contributed by atoms with Crippen LogP contribution in [0.15, 0.2) is 24.3 Å². The van der Waals surface area contributed by atoms with Crippen LogP contribution >= 0.6 is 11.9 Å². The van der Waals surface area contributed by atoms with Crippen LogP contribution in [0.1, 0.15) is 16.2 Å². The number of hydrogen-bond donors (Lipinski definition) is 0. The molecule has 0 aliphatic heterocycles. The second-order valence-corrected chi connectivity index (χ2v) is 3.71. The molecule has 2 aromatic rings. The van der Waals surface area contributed by atoms with Gasteiger partial charge in [0.05, 0.1) is 5.56 Å². The normalized spacial score (nSPS) is 10.3. The number of nitrogens with zero attached hydrogens (tertiary/aromatic N) is 3. The Kier molecular flexibility index (Phi) is 3.10. The maximum absolute atomic E-state index is 11.3. The van der Waals surface area contributed by atoms with Gasteiger partial charge in [-0.25, -0.2) is 14.5 Å². The fraction of sp³-hybridized carbons (Fsp3) is 0.182. The third kappa shape index (κ3) is 2.29. The fourth-order valence-corrected chi connectivity index (χ4v) is 1.68. The zero-order valence-electron chi connectivity index (χ0n) is 9.35. The van der Waals surface area contributed by atoms with E-state index in [1.54, 1.807) is 36.9 Å². The first-order chi connectivity index (χ1) is 8.11. The summed E-state index contributed by atoms with van der Waals surface area (Å²) in [6, 6.07) is 6.86. The Balaban J connectivity index is 2.46. The molecule has 2 rings (SSSR count). The highest BCUT2D eigenvalue weighted by Crippen LogP contribution is 2.18. The Morgan fingerprint density at radius 2 is 2.24 bits per heavy atom. The van der Waals surface area contributed by atoms with Crippen LogP contribution in [-0.2, 0) is 11.3 Å². The summed E-state index contributed by atoms with van der Waals surface area (Å²) >= 11 is 5.04. The van der Waals surface area contributed by atoms with E-state index < -0.39 is 5.97 Å². The monoisotopic (exact) mass is 251 g/mol. The largest absolute Gasteiger partial charge is 0.356 e. The van der Waals surface area contributed by atoms with E-state index in [0.717, 1.165) is 5.56 Å².